The van der Waals surface area contributed by atoms with Gasteiger partial charge in [0.15, 0.2) is 5.79 Å². The minimum absolute atomic E-state index is 0.264. The molecule has 19 heavy (non-hydrogen) atoms. The van der Waals surface area contributed by atoms with E-state index in [0.29, 0.717) is 25.8 Å². The Bertz CT molecular complexity index is 338. The van der Waals surface area contributed by atoms with Gasteiger partial charge in [0.1, 0.15) is 0 Å². The molecule has 5 nitrogen and oxygen atoms in total. The summed E-state index contributed by atoms with van der Waals surface area (Å²) < 4.78 is 11.5. The summed E-state index contributed by atoms with van der Waals surface area (Å²) in [6.45, 7) is 6.49. The maximum atomic E-state index is 12.3. The van der Waals surface area contributed by atoms with E-state index >= 15 is 0 Å². The minimum Gasteiger partial charge on any atom is -0.346 e. The van der Waals surface area contributed by atoms with Crippen LogP contribution < -0.4 is 0 Å². The second kappa shape index (κ2) is 5.38. The number of carbonyl (C=O) groups excluding carboxylic acids is 1. The van der Waals surface area contributed by atoms with Crippen LogP contribution in [0.1, 0.15) is 32.6 Å². The van der Waals surface area contributed by atoms with Crippen LogP contribution in [0.4, 0.5) is 0 Å². The van der Waals surface area contributed by atoms with Crippen LogP contribution in [0, 0.1) is 0 Å². The minimum atomic E-state index is -0.421. The van der Waals surface area contributed by atoms with Gasteiger partial charge in [0, 0.05) is 19.0 Å². The van der Waals surface area contributed by atoms with Gasteiger partial charge in [0.25, 0.3) is 0 Å². The zero-order chi connectivity index (χ0) is 13.3. The number of nitrogens with zero attached hydrogens (tertiary/aromatic N) is 2. The summed E-state index contributed by atoms with van der Waals surface area (Å²) in [7, 11) is 0. The van der Waals surface area contributed by atoms with Crippen molar-refractivity contribution in [1.29, 1.82) is 0 Å². The Morgan fingerprint density at radius 3 is 2.74 bits per heavy atom. The third kappa shape index (κ3) is 2.93. The van der Waals surface area contributed by atoms with Gasteiger partial charge in [-0.3, -0.25) is 9.69 Å². The fraction of sp³-hybridized carbons (Fsp3) is 0.929. The van der Waals surface area contributed by atoms with Crippen molar-refractivity contribution >= 4 is 5.91 Å². The van der Waals surface area contributed by atoms with E-state index in [2.05, 4.69) is 11.8 Å². The van der Waals surface area contributed by atoms with Crippen LogP contribution in [0.2, 0.25) is 0 Å². The predicted octanol–water partition coefficient (Wildman–Crippen LogP) is 0.836. The average molecular weight is 268 g/mol. The van der Waals surface area contributed by atoms with Crippen LogP contribution >= 0.6 is 0 Å². The van der Waals surface area contributed by atoms with E-state index in [1.165, 1.54) is 12.8 Å². The van der Waals surface area contributed by atoms with E-state index in [9.17, 15) is 4.79 Å². The van der Waals surface area contributed by atoms with Crippen molar-refractivity contribution in [1.82, 2.24) is 9.80 Å². The summed E-state index contributed by atoms with van der Waals surface area (Å²) in [5.74, 6) is -0.158. The Balaban J connectivity index is 1.55. The first kappa shape index (κ1) is 13.3. The topological polar surface area (TPSA) is 42.0 Å². The number of hydrogen-bond acceptors (Lipinski definition) is 4. The Morgan fingerprint density at radius 2 is 2.11 bits per heavy atom. The van der Waals surface area contributed by atoms with Gasteiger partial charge in [-0.15, -0.1) is 0 Å². The van der Waals surface area contributed by atoms with Gasteiger partial charge >= 0.3 is 0 Å². The Kier molecular flexibility index (Phi) is 3.78. The van der Waals surface area contributed by atoms with Crippen molar-refractivity contribution in [3.05, 3.63) is 0 Å². The first-order valence-corrected chi connectivity index (χ1v) is 7.52. The fourth-order valence-electron chi connectivity index (χ4n) is 3.24. The second-order valence-electron chi connectivity index (χ2n) is 5.83. The lowest BCUT2D eigenvalue weighted by molar-refractivity contribution is -0.190. The molecule has 0 radical (unpaired) electrons. The normalized spacial score (nSPS) is 26.8. The lowest BCUT2D eigenvalue weighted by Crippen LogP contribution is -2.52. The highest BCUT2D eigenvalue weighted by Gasteiger charge is 2.41. The molecule has 5 heteroatoms. The van der Waals surface area contributed by atoms with Crippen LogP contribution in [0.15, 0.2) is 0 Å². The molecule has 1 spiro atoms. The van der Waals surface area contributed by atoms with Gasteiger partial charge in [0.2, 0.25) is 5.91 Å². The monoisotopic (exact) mass is 268 g/mol. The molecule has 1 saturated carbocycles. The lowest BCUT2D eigenvalue weighted by atomic mass is 10.0. The van der Waals surface area contributed by atoms with Crippen molar-refractivity contribution in [3.8, 4) is 0 Å². The molecule has 0 aromatic rings. The zero-order valence-electron chi connectivity index (χ0n) is 11.8. The second-order valence-corrected chi connectivity index (χ2v) is 5.83. The van der Waals surface area contributed by atoms with Crippen molar-refractivity contribution in [2.75, 3.05) is 39.4 Å². The van der Waals surface area contributed by atoms with Gasteiger partial charge in [-0.1, -0.05) is 0 Å². The number of ether oxygens (including phenoxy) is 2. The highest BCUT2D eigenvalue weighted by molar-refractivity contribution is 5.79. The maximum absolute atomic E-state index is 12.3. The third-order valence-electron chi connectivity index (χ3n) is 4.32. The number of likely N-dealkylation sites (tertiary alicyclic amines) is 1. The highest BCUT2D eigenvalue weighted by Crippen LogP contribution is 2.31. The maximum Gasteiger partial charge on any atom is 0.236 e. The zero-order valence-corrected chi connectivity index (χ0v) is 11.8. The highest BCUT2D eigenvalue weighted by atomic mass is 16.7. The van der Waals surface area contributed by atoms with E-state index in [4.69, 9.17) is 9.47 Å². The number of rotatable bonds is 4. The van der Waals surface area contributed by atoms with E-state index in [-0.39, 0.29) is 5.91 Å². The Hall–Kier alpha value is -0.650. The SMILES string of the molecule is CCN(C(=O)CN1CCCC2(C1)OCCO2)C1CC1. The first-order valence-electron chi connectivity index (χ1n) is 7.52. The average Bonchev–Trinajstić information content (AvgIpc) is 3.13. The number of likely N-dealkylation sites (N-methyl/N-ethyl adjacent to an activating group) is 1. The third-order valence-corrected chi connectivity index (χ3v) is 4.32. The number of hydrogen-bond donors (Lipinski definition) is 0. The fourth-order valence-corrected chi connectivity index (χ4v) is 3.24. The molecule has 2 heterocycles. The van der Waals surface area contributed by atoms with Gasteiger partial charge < -0.3 is 14.4 Å². The molecule has 0 unspecified atom stereocenters. The number of carbonyl (C=O) groups is 1. The molecule has 1 amide bonds. The molecule has 1 aliphatic carbocycles. The molecule has 0 aromatic heterocycles. The predicted molar refractivity (Wildman–Crippen MR) is 70.7 cm³/mol. The molecule has 0 N–H and O–H groups in total. The van der Waals surface area contributed by atoms with Crippen LogP contribution in [0.25, 0.3) is 0 Å². The standard InChI is InChI=1S/C14H24N2O3/c1-2-16(12-4-5-12)13(17)10-15-7-3-6-14(11-15)18-8-9-19-14/h12H,2-11H2,1H3. The van der Waals surface area contributed by atoms with Crippen LogP contribution in [-0.4, -0.2) is 66.9 Å². The van der Waals surface area contributed by atoms with Gasteiger partial charge in [-0.2, -0.15) is 0 Å². The molecule has 2 aliphatic heterocycles. The van der Waals surface area contributed by atoms with Gasteiger partial charge in [-0.25, -0.2) is 0 Å². The van der Waals surface area contributed by atoms with E-state index < -0.39 is 5.79 Å². The van der Waals surface area contributed by atoms with Crippen molar-refractivity contribution in [2.24, 2.45) is 0 Å². The smallest absolute Gasteiger partial charge is 0.236 e. The first-order chi connectivity index (χ1) is 9.22. The number of piperidine rings is 1. The van der Waals surface area contributed by atoms with Crippen molar-refractivity contribution < 1.29 is 14.3 Å². The van der Waals surface area contributed by atoms with Crippen molar-refractivity contribution in [3.63, 3.8) is 0 Å². The van der Waals surface area contributed by atoms with E-state index in [1.54, 1.807) is 0 Å². The molecule has 3 rings (SSSR count). The molecule has 0 bridgehead atoms. The van der Waals surface area contributed by atoms with E-state index in [0.717, 1.165) is 32.5 Å². The molecule has 0 aromatic carbocycles. The molecular formula is C14H24N2O3. The molecule has 0 atom stereocenters. The molecular weight excluding hydrogens is 244 g/mol. The van der Waals surface area contributed by atoms with Gasteiger partial charge in [0.05, 0.1) is 26.3 Å². The van der Waals surface area contributed by atoms with E-state index in [1.807, 2.05) is 4.90 Å². The van der Waals surface area contributed by atoms with Crippen molar-refractivity contribution in [2.45, 2.75) is 44.4 Å². The quantitative estimate of drug-likeness (QED) is 0.757. The summed E-state index contributed by atoms with van der Waals surface area (Å²) in [5.41, 5.74) is 0. The molecule has 3 fully saturated rings. The summed E-state index contributed by atoms with van der Waals surface area (Å²) in [4.78, 5) is 16.6. The summed E-state index contributed by atoms with van der Waals surface area (Å²) >= 11 is 0. The molecule has 108 valence electrons. The van der Waals surface area contributed by atoms with Crippen LogP contribution in [0.5, 0.6) is 0 Å². The Morgan fingerprint density at radius 1 is 1.37 bits per heavy atom. The van der Waals surface area contributed by atoms with Crippen LogP contribution in [0.3, 0.4) is 0 Å². The molecule has 2 saturated heterocycles. The number of amides is 1. The largest absolute Gasteiger partial charge is 0.346 e. The Labute approximate surface area is 114 Å². The summed E-state index contributed by atoms with van der Waals surface area (Å²) in [6, 6.07) is 0.509. The molecule has 3 aliphatic rings. The van der Waals surface area contributed by atoms with Gasteiger partial charge in [-0.05, 0) is 32.7 Å². The summed E-state index contributed by atoms with van der Waals surface area (Å²) in [5, 5.41) is 0. The van der Waals surface area contributed by atoms with Crippen LogP contribution in [-0.2, 0) is 14.3 Å². The summed E-state index contributed by atoms with van der Waals surface area (Å²) in [6.07, 6.45) is 4.35. The lowest BCUT2D eigenvalue weighted by Gasteiger charge is -2.38.